The Kier molecular flexibility index (Phi) is 12.3. The zero-order valence-corrected chi connectivity index (χ0v) is 18.2. The highest BCUT2D eigenvalue weighted by Crippen LogP contribution is 2.28. The van der Waals surface area contributed by atoms with Crippen LogP contribution in [0.3, 0.4) is 0 Å². The van der Waals surface area contributed by atoms with Crippen LogP contribution in [0.15, 0.2) is 4.99 Å². The molecule has 0 aromatic carbocycles. The van der Waals surface area contributed by atoms with Crippen LogP contribution in [0.2, 0.25) is 0 Å². The first-order valence-corrected chi connectivity index (χ1v) is 10.1. The average Bonchev–Trinajstić information content (AvgIpc) is 3.28. The summed E-state index contributed by atoms with van der Waals surface area (Å²) in [7, 11) is 0. The van der Waals surface area contributed by atoms with Gasteiger partial charge in [0, 0.05) is 39.1 Å². The van der Waals surface area contributed by atoms with Crippen molar-refractivity contribution >= 4 is 35.8 Å². The topological polar surface area (TPSA) is 56.7 Å². The number of carbonyl (C=O) groups excluding carboxylic acids is 1. The average molecular weight is 464 g/mol. The molecule has 2 aliphatic rings. The molecule has 2 fully saturated rings. The van der Waals surface area contributed by atoms with Gasteiger partial charge in [0.05, 0.1) is 0 Å². The van der Waals surface area contributed by atoms with Gasteiger partial charge in [-0.2, -0.15) is 0 Å². The maximum absolute atomic E-state index is 12.0. The van der Waals surface area contributed by atoms with Gasteiger partial charge in [0.15, 0.2) is 5.96 Å². The molecule has 0 unspecified atom stereocenters. The molecule has 1 aliphatic heterocycles. The summed E-state index contributed by atoms with van der Waals surface area (Å²) in [6.45, 7) is 6.36. The summed E-state index contributed by atoms with van der Waals surface area (Å²) in [5.41, 5.74) is 0. The zero-order chi connectivity index (χ0) is 17.0. The summed E-state index contributed by atoms with van der Waals surface area (Å²) in [4.78, 5) is 18.7. The van der Waals surface area contributed by atoms with E-state index in [4.69, 9.17) is 0 Å². The first kappa shape index (κ1) is 22.5. The Hall–Kier alpha value is -0.530. The summed E-state index contributed by atoms with van der Waals surface area (Å²) in [5.74, 6) is 2.11. The molecule has 1 heterocycles. The van der Waals surface area contributed by atoms with E-state index in [1.807, 2.05) is 4.90 Å². The minimum absolute atomic E-state index is 0. The fourth-order valence-corrected chi connectivity index (χ4v) is 3.79. The van der Waals surface area contributed by atoms with Crippen LogP contribution in [0.25, 0.3) is 0 Å². The van der Waals surface area contributed by atoms with Crippen molar-refractivity contribution in [3.63, 3.8) is 0 Å². The van der Waals surface area contributed by atoms with E-state index in [9.17, 15) is 4.79 Å². The molecule has 0 aromatic rings. The lowest BCUT2D eigenvalue weighted by molar-refractivity contribution is -0.129. The van der Waals surface area contributed by atoms with Crippen LogP contribution in [0, 0.1) is 5.92 Å². The van der Waals surface area contributed by atoms with Gasteiger partial charge in [-0.3, -0.25) is 9.79 Å². The standard InChI is InChI=1S/C19H36N4O.HI/c1-2-20-19(21-13-6-5-11-17-9-3-4-10-17)22-14-12-18(24)23-15-7-8-16-23;/h17H,2-16H2,1H3,(H2,20,21,22);1H. The number of guanidine groups is 1. The number of hydrogen-bond donors (Lipinski definition) is 2. The molecule has 0 atom stereocenters. The summed E-state index contributed by atoms with van der Waals surface area (Å²) >= 11 is 0. The van der Waals surface area contributed by atoms with Crippen LogP contribution in [0.5, 0.6) is 0 Å². The number of nitrogens with one attached hydrogen (secondary N) is 2. The zero-order valence-electron chi connectivity index (χ0n) is 15.9. The van der Waals surface area contributed by atoms with Crippen molar-refractivity contribution < 1.29 is 4.79 Å². The first-order chi connectivity index (χ1) is 11.8. The first-order valence-electron chi connectivity index (χ1n) is 10.1. The second-order valence-electron chi connectivity index (χ2n) is 7.17. The highest BCUT2D eigenvalue weighted by molar-refractivity contribution is 14.0. The van der Waals surface area contributed by atoms with Gasteiger partial charge >= 0.3 is 0 Å². The van der Waals surface area contributed by atoms with E-state index < -0.39 is 0 Å². The maximum atomic E-state index is 12.0. The lowest BCUT2D eigenvalue weighted by Gasteiger charge is -2.16. The van der Waals surface area contributed by atoms with Crippen LogP contribution in [0.4, 0.5) is 0 Å². The smallest absolute Gasteiger partial charge is 0.224 e. The molecule has 1 saturated heterocycles. The predicted molar refractivity (Wildman–Crippen MR) is 116 cm³/mol. The Bertz CT molecular complexity index is 391. The molecule has 0 radical (unpaired) electrons. The molecule has 6 heteroatoms. The van der Waals surface area contributed by atoms with Gasteiger partial charge in [-0.15, -0.1) is 24.0 Å². The fourth-order valence-electron chi connectivity index (χ4n) is 3.79. The van der Waals surface area contributed by atoms with E-state index in [2.05, 4.69) is 22.5 Å². The van der Waals surface area contributed by atoms with Crippen molar-refractivity contribution in [3.05, 3.63) is 0 Å². The molecular weight excluding hydrogens is 427 g/mol. The molecule has 1 saturated carbocycles. The van der Waals surface area contributed by atoms with Crippen molar-refractivity contribution in [1.29, 1.82) is 0 Å². The van der Waals surface area contributed by atoms with Crippen LogP contribution < -0.4 is 10.6 Å². The second kappa shape index (κ2) is 13.6. The summed E-state index contributed by atoms with van der Waals surface area (Å²) in [6, 6.07) is 0. The molecule has 1 amide bonds. The Balaban J connectivity index is 0.00000312. The van der Waals surface area contributed by atoms with Crippen molar-refractivity contribution in [2.75, 3.05) is 32.7 Å². The normalized spacial score (nSPS) is 18.3. The Labute approximate surface area is 170 Å². The molecule has 2 N–H and O–H groups in total. The highest BCUT2D eigenvalue weighted by atomic mass is 127. The van der Waals surface area contributed by atoms with Crippen LogP contribution in [-0.2, 0) is 4.79 Å². The second-order valence-corrected chi connectivity index (χ2v) is 7.17. The van der Waals surface area contributed by atoms with E-state index in [1.165, 1.54) is 44.9 Å². The number of nitrogens with zero attached hydrogens (tertiary/aromatic N) is 2. The summed E-state index contributed by atoms with van der Waals surface area (Å²) < 4.78 is 0. The third-order valence-corrected chi connectivity index (χ3v) is 5.20. The third-order valence-electron chi connectivity index (χ3n) is 5.20. The summed E-state index contributed by atoms with van der Waals surface area (Å²) in [5, 5.41) is 6.57. The van der Waals surface area contributed by atoms with Crippen LogP contribution >= 0.6 is 24.0 Å². The van der Waals surface area contributed by atoms with Crippen molar-refractivity contribution in [2.45, 2.75) is 71.1 Å². The molecule has 0 aromatic heterocycles. The quantitative estimate of drug-likeness (QED) is 0.238. The molecule has 146 valence electrons. The molecule has 5 nitrogen and oxygen atoms in total. The van der Waals surface area contributed by atoms with E-state index >= 15 is 0 Å². The maximum Gasteiger partial charge on any atom is 0.224 e. The number of unbranched alkanes of at least 4 members (excludes halogenated alkanes) is 1. The predicted octanol–water partition coefficient (Wildman–Crippen LogP) is 3.53. The fraction of sp³-hybridized carbons (Fsp3) is 0.895. The van der Waals surface area contributed by atoms with E-state index in [0.29, 0.717) is 13.0 Å². The van der Waals surface area contributed by atoms with Crippen LogP contribution in [0.1, 0.15) is 71.1 Å². The van der Waals surface area contributed by atoms with Gasteiger partial charge in [0.1, 0.15) is 0 Å². The van der Waals surface area contributed by atoms with Gasteiger partial charge in [-0.25, -0.2) is 0 Å². The Morgan fingerprint density at radius 3 is 2.48 bits per heavy atom. The summed E-state index contributed by atoms with van der Waals surface area (Å²) in [6.07, 6.45) is 12.5. The lowest BCUT2D eigenvalue weighted by atomic mass is 10.0. The lowest BCUT2D eigenvalue weighted by Crippen LogP contribution is -2.39. The molecule has 2 rings (SSSR count). The Morgan fingerprint density at radius 1 is 1.08 bits per heavy atom. The number of carbonyl (C=O) groups is 1. The molecule has 1 aliphatic carbocycles. The molecule has 25 heavy (non-hydrogen) atoms. The molecular formula is C19H37IN4O. The van der Waals surface area contributed by atoms with Gasteiger partial charge < -0.3 is 15.5 Å². The minimum Gasteiger partial charge on any atom is -0.357 e. The van der Waals surface area contributed by atoms with E-state index in [-0.39, 0.29) is 29.9 Å². The van der Waals surface area contributed by atoms with Gasteiger partial charge in [0.25, 0.3) is 0 Å². The number of likely N-dealkylation sites (tertiary alicyclic amines) is 1. The largest absolute Gasteiger partial charge is 0.357 e. The van der Waals surface area contributed by atoms with E-state index in [0.717, 1.165) is 50.9 Å². The monoisotopic (exact) mass is 464 g/mol. The SMILES string of the molecule is CCNC(=NCCCCC1CCCC1)NCCC(=O)N1CCCC1.I. The molecule has 0 bridgehead atoms. The number of halogens is 1. The number of aliphatic imine (C=N–C) groups is 1. The molecule has 0 spiro atoms. The number of amides is 1. The van der Waals surface area contributed by atoms with Crippen molar-refractivity contribution in [2.24, 2.45) is 10.9 Å². The van der Waals surface area contributed by atoms with E-state index in [1.54, 1.807) is 0 Å². The third kappa shape index (κ3) is 9.11. The number of rotatable bonds is 9. The highest BCUT2D eigenvalue weighted by Gasteiger charge is 2.17. The van der Waals surface area contributed by atoms with Gasteiger partial charge in [-0.05, 0) is 32.1 Å². The van der Waals surface area contributed by atoms with Crippen molar-refractivity contribution in [1.82, 2.24) is 15.5 Å². The Morgan fingerprint density at radius 2 is 1.80 bits per heavy atom. The number of hydrogen-bond acceptors (Lipinski definition) is 2. The van der Waals surface area contributed by atoms with Gasteiger partial charge in [-0.1, -0.05) is 38.5 Å². The van der Waals surface area contributed by atoms with Gasteiger partial charge in [0.2, 0.25) is 5.91 Å². The van der Waals surface area contributed by atoms with Crippen LogP contribution in [-0.4, -0.2) is 49.5 Å². The van der Waals surface area contributed by atoms with Crippen molar-refractivity contribution in [3.8, 4) is 0 Å². The minimum atomic E-state index is 0.